The first kappa shape index (κ1) is 21.8. The van der Waals surface area contributed by atoms with Crippen LogP contribution in [-0.2, 0) is 4.79 Å². The number of nitrogens with two attached hydrogens (primary N) is 1. The summed E-state index contributed by atoms with van der Waals surface area (Å²) >= 11 is 0. The number of rotatable bonds is 10. The Morgan fingerprint density at radius 3 is 2.59 bits per heavy atom. The Kier molecular flexibility index (Phi) is 6.96. The lowest BCUT2D eigenvalue weighted by molar-refractivity contribution is -0.139. The highest BCUT2D eigenvalue weighted by Gasteiger charge is 2.30. The summed E-state index contributed by atoms with van der Waals surface area (Å²) in [5, 5.41) is 15.2. The number of anilines is 2. The van der Waals surface area contributed by atoms with Gasteiger partial charge in [-0.25, -0.2) is 10.2 Å². The van der Waals surface area contributed by atoms with Crippen molar-refractivity contribution in [1.29, 1.82) is 0 Å². The van der Waals surface area contributed by atoms with Crippen LogP contribution in [0.2, 0.25) is 0 Å². The molecule has 1 saturated carbocycles. The first-order valence-electron chi connectivity index (χ1n) is 10.8. The topological polar surface area (TPSA) is 119 Å². The van der Waals surface area contributed by atoms with E-state index in [1.54, 1.807) is 29.4 Å². The van der Waals surface area contributed by atoms with Crippen LogP contribution in [0.4, 0.5) is 11.4 Å². The number of hydrogen-bond donors (Lipinski definition) is 3. The van der Waals surface area contributed by atoms with Crippen molar-refractivity contribution >= 4 is 23.1 Å². The van der Waals surface area contributed by atoms with Gasteiger partial charge in [0.05, 0.1) is 25.0 Å². The van der Waals surface area contributed by atoms with Crippen LogP contribution < -0.4 is 30.5 Å². The molecule has 2 aromatic carbocycles. The third kappa shape index (κ3) is 5.61. The maximum Gasteiger partial charge on any atom is 0.341 e. The number of fused-ring (bicyclic) bond motifs is 1. The van der Waals surface area contributed by atoms with Gasteiger partial charge in [-0.2, -0.15) is 10.2 Å². The number of carboxylic acid groups (broad SMARTS) is 1. The average Bonchev–Trinajstić information content (AvgIpc) is 3.23. The van der Waals surface area contributed by atoms with Gasteiger partial charge in [-0.05, 0) is 61.7 Å². The number of benzene rings is 2. The quantitative estimate of drug-likeness (QED) is 0.381. The lowest BCUT2D eigenvalue weighted by Crippen LogP contribution is -2.39. The molecule has 1 atom stereocenters. The second-order valence-corrected chi connectivity index (χ2v) is 7.76. The molecule has 32 heavy (non-hydrogen) atoms. The van der Waals surface area contributed by atoms with E-state index in [1.807, 2.05) is 18.2 Å². The van der Waals surface area contributed by atoms with Crippen LogP contribution in [0.1, 0.15) is 32.1 Å². The minimum Gasteiger partial charge on any atom is -0.493 e. The number of nitrogens with zero attached hydrogens (tertiary/aromatic N) is 2. The van der Waals surface area contributed by atoms with Gasteiger partial charge in [0.1, 0.15) is 22.9 Å². The zero-order chi connectivity index (χ0) is 22.3. The smallest absolute Gasteiger partial charge is 0.341 e. The van der Waals surface area contributed by atoms with Gasteiger partial charge in [-0.3, -0.25) is 0 Å². The molecule has 1 unspecified atom stereocenters. The average molecular weight is 441 g/mol. The Labute approximate surface area is 186 Å². The normalized spacial score (nSPS) is 17.4. The molecule has 1 fully saturated rings. The van der Waals surface area contributed by atoms with E-state index in [2.05, 4.69) is 5.43 Å². The third-order valence-electron chi connectivity index (χ3n) is 5.30. The molecular weight excluding hydrogens is 412 g/mol. The number of hydrazine groups is 1. The Morgan fingerprint density at radius 1 is 1.09 bits per heavy atom. The van der Waals surface area contributed by atoms with Crippen LogP contribution in [0.5, 0.6) is 17.2 Å². The summed E-state index contributed by atoms with van der Waals surface area (Å²) in [6.45, 7) is 0.585. The lowest BCUT2D eigenvalue weighted by Gasteiger charge is -2.22. The van der Waals surface area contributed by atoms with Crippen molar-refractivity contribution in [3.8, 4) is 17.2 Å². The second kappa shape index (κ2) is 10.2. The highest BCUT2D eigenvalue weighted by molar-refractivity contribution is 5.93. The van der Waals surface area contributed by atoms with Crippen LogP contribution in [0.15, 0.2) is 47.6 Å². The molecular formula is C23H28N4O5. The number of carbonyl (C=O) groups is 1. The fourth-order valence-electron chi connectivity index (χ4n) is 3.71. The molecule has 1 aliphatic heterocycles. The molecule has 4 N–H and O–H groups in total. The number of nitrogen functional groups attached to an aromatic ring is 1. The lowest BCUT2D eigenvalue weighted by atomic mass is 9.94. The molecule has 1 heterocycles. The van der Waals surface area contributed by atoms with Gasteiger partial charge >= 0.3 is 5.97 Å². The van der Waals surface area contributed by atoms with Gasteiger partial charge in [0.25, 0.3) is 0 Å². The SMILES string of the molecule is Nc1ccc(OCCCOc2ccc(OCC(=O)O)cc2)c(N2N=C3CCCCC3N2)c1. The summed E-state index contributed by atoms with van der Waals surface area (Å²) in [5.74, 6) is 0.869. The van der Waals surface area contributed by atoms with Crippen LogP contribution in [0, 0.1) is 0 Å². The van der Waals surface area contributed by atoms with Crippen LogP contribution in [0.3, 0.4) is 0 Å². The number of hydrogen-bond acceptors (Lipinski definition) is 8. The number of hydrazone groups is 1. The van der Waals surface area contributed by atoms with E-state index in [0.29, 0.717) is 42.9 Å². The fourth-order valence-corrected chi connectivity index (χ4v) is 3.71. The second-order valence-electron chi connectivity index (χ2n) is 7.76. The molecule has 0 saturated heterocycles. The Morgan fingerprint density at radius 2 is 1.84 bits per heavy atom. The summed E-state index contributed by atoms with van der Waals surface area (Å²) < 4.78 is 16.8. The van der Waals surface area contributed by atoms with Crippen molar-refractivity contribution in [3.05, 3.63) is 42.5 Å². The van der Waals surface area contributed by atoms with Crippen LogP contribution in [0.25, 0.3) is 0 Å². The highest BCUT2D eigenvalue weighted by atomic mass is 16.5. The van der Waals surface area contributed by atoms with E-state index in [-0.39, 0.29) is 6.61 Å². The van der Waals surface area contributed by atoms with Gasteiger partial charge in [0.2, 0.25) is 0 Å². The minimum absolute atomic E-state index is 0.298. The fraction of sp³-hybridized carbons (Fsp3) is 0.391. The van der Waals surface area contributed by atoms with Gasteiger partial charge in [0.15, 0.2) is 6.61 Å². The molecule has 2 aromatic rings. The van der Waals surface area contributed by atoms with E-state index in [0.717, 1.165) is 24.3 Å². The van der Waals surface area contributed by atoms with E-state index in [9.17, 15) is 4.79 Å². The highest BCUT2D eigenvalue weighted by Crippen LogP contribution is 2.33. The van der Waals surface area contributed by atoms with Crippen molar-refractivity contribution < 1.29 is 24.1 Å². The molecule has 0 radical (unpaired) electrons. The summed E-state index contributed by atoms with van der Waals surface area (Å²) in [5.41, 5.74) is 12.1. The molecule has 4 rings (SSSR count). The number of aliphatic carboxylic acids is 1. The van der Waals surface area contributed by atoms with Crippen molar-refractivity contribution in [2.75, 3.05) is 30.7 Å². The maximum absolute atomic E-state index is 10.5. The molecule has 0 spiro atoms. The zero-order valence-corrected chi connectivity index (χ0v) is 17.8. The zero-order valence-electron chi connectivity index (χ0n) is 17.8. The van der Waals surface area contributed by atoms with Crippen molar-refractivity contribution in [2.45, 2.75) is 38.1 Å². The Bertz CT molecular complexity index is 963. The standard InChI is InChI=1S/C23H28N4O5/c24-16-6-11-22(21(14-16)27-25-19-4-1-2-5-20(19)26-27)31-13-3-12-30-17-7-9-18(10-8-17)32-15-23(28)29/h6-11,14,19,25H,1-5,12-13,15,24H2,(H,28,29). The van der Waals surface area contributed by atoms with E-state index in [4.69, 9.17) is 30.2 Å². The van der Waals surface area contributed by atoms with Crippen molar-refractivity contribution in [2.24, 2.45) is 5.10 Å². The molecule has 9 nitrogen and oxygen atoms in total. The summed E-state index contributed by atoms with van der Waals surface area (Å²) in [4.78, 5) is 10.5. The monoisotopic (exact) mass is 440 g/mol. The summed E-state index contributed by atoms with van der Waals surface area (Å²) in [6.07, 6.45) is 5.20. The first-order valence-corrected chi connectivity index (χ1v) is 10.8. The van der Waals surface area contributed by atoms with Crippen molar-refractivity contribution in [1.82, 2.24) is 5.43 Å². The Balaban J connectivity index is 1.26. The first-order chi connectivity index (χ1) is 15.6. The van der Waals surface area contributed by atoms with Gasteiger partial charge in [-0.1, -0.05) is 6.42 Å². The maximum atomic E-state index is 10.5. The summed E-state index contributed by atoms with van der Waals surface area (Å²) in [6, 6.07) is 12.7. The minimum atomic E-state index is -1.01. The number of ether oxygens (including phenoxy) is 3. The van der Waals surface area contributed by atoms with Crippen LogP contribution >= 0.6 is 0 Å². The largest absolute Gasteiger partial charge is 0.493 e. The molecule has 170 valence electrons. The van der Waals surface area contributed by atoms with E-state index < -0.39 is 5.97 Å². The molecule has 1 aliphatic carbocycles. The molecule has 9 heteroatoms. The predicted molar refractivity (Wildman–Crippen MR) is 121 cm³/mol. The van der Waals surface area contributed by atoms with Gasteiger partial charge in [0, 0.05) is 12.1 Å². The van der Waals surface area contributed by atoms with E-state index in [1.165, 1.54) is 18.6 Å². The summed E-state index contributed by atoms with van der Waals surface area (Å²) in [7, 11) is 0. The van der Waals surface area contributed by atoms with Gasteiger partial charge in [-0.15, -0.1) is 0 Å². The number of nitrogens with one attached hydrogen (secondary N) is 1. The predicted octanol–water partition coefficient (Wildman–Crippen LogP) is 3.20. The molecule has 2 aliphatic rings. The molecule has 0 bridgehead atoms. The van der Waals surface area contributed by atoms with Crippen molar-refractivity contribution in [3.63, 3.8) is 0 Å². The molecule has 0 amide bonds. The molecule has 0 aromatic heterocycles. The third-order valence-corrected chi connectivity index (χ3v) is 5.30. The van der Waals surface area contributed by atoms with Gasteiger partial charge < -0.3 is 25.1 Å². The van der Waals surface area contributed by atoms with Crippen LogP contribution in [-0.4, -0.2) is 42.7 Å². The van der Waals surface area contributed by atoms with E-state index >= 15 is 0 Å². The Hall–Kier alpha value is -3.46. The number of carboxylic acids is 1.